The Kier molecular flexibility index (Phi) is 3.15. The molecule has 2 heterocycles. The number of hydrogen-bond acceptors (Lipinski definition) is 4. The molecule has 0 aromatic carbocycles. The summed E-state index contributed by atoms with van der Waals surface area (Å²) < 4.78 is 1.61. The van der Waals surface area contributed by atoms with Crippen molar-refractivity contribution in [1.29, 1.82) is 0 Å². The summed E-state index contributed by atoms with van der Waals surface area (Å²) in [6.45, 7) is 6.05. The summed E-state index contributed by atoms with van der Waals surface area (Å²) in [5.74, 6) is -0.0317. The molecule has 2 N–H and O–H groups in total. The molecule has 1 saturated heterocycles. The van der Waals surface area contributed by atoms with Crippen molar-refractivity contribution in [2.75, 3.05) is 13.1 Å². The van der Waals surface area contributed by atoms with Crippen LogP contribution in [0.2, 0.25) is 0 Å². The molecule has 0 atom stereocenters. The molecule has 1 aromatic rings. The van der Waals surface area contributed by atoms with Crippen molar-refractivity contribution in [2.45, 2.75) is 38.8 Å². The zero-order chi connectivity index (χ0) is 12.5. The van der Waals surface area contributed by atoms with Crippen LogP contribution in [0.4, 0.5) is 0 Å². The van der Waals surface area contributed by atoms with Crippen molar-refractivity contribution in [1.82, 2.24) is 19.9 Å². The lowest BCUT2D eigenvalue weighted by Crippen LogP contribution is -2.42. The van der Waals surface area contributed by atoms with Gasteiger partial charge in [-0.15, -0.1) is 5.10 Å². The monoisotopic (exact) mass is 237 g/mol. The van der Waals surface area contributed by atoms with E-state index in [0.717, 1.165) is 19.4 Å². The maximum atomic E-state index is 12.3. The minimum atomic E-state index is -0.0747. The first-order chi connectivity index (χ1) is 8.04. The third-order valence-corrected chi connectivity index (χ3v) is 3.26. The third-order valence-electron chi connectivity index (χ3n) is 3.26. The molecule has 1 aliphatic heterocycles. The minimum absolute atomic E-state index is 0.0317. The van der Waals surface area contributed by atoms with E-state index >= 15 is 0 Å². The molecule has 0 radical (unpaired) electrons. The van der Waals surface area contributed by atoms with E-state index in [0.29, 0.717) is 18.8 Å². The predicted molar refractivity (Wildman–Crippen MR) is 63.4 cm³/mol. The Morgan fingerprint density at radius 1 is 1.59 bits per heavy atom. The van der Waals surface area contributed by atoms with Crippen LogP contribution in [0.1, 0.15) is 37.2 Å². The molecule has 1 fully saturated rings. The molecular formula is C11H19N5O. The molecule has 2 rings (SSSR count). The fourth-order valence-electron chi connectivity index (χ4n) is 2.26. The van der Waals surface area contributed by atoms with Gasteiger partial charge in [-0.1, -0.05) is 5.21 Å². The summed E-state index contributed by atoms with van der Waals surface area (Å²) in [5.41, 5.74) is 5.76. The molecule has 6 nitrogen and oxygen atoms in total. The topological polar surface area (TPSA) is 77.0 Å². The number of aromatic nitrogens is 3. The highest BCUT2D eigenvalue weighted by molar-refractivity contribution is 5.92. The SMILES string of the molecule is CC1(C)CCCN1C(=O)c1cn(CCN)nn1. The summed E-state index contributed by atoms with van der Waals surface area (Å²) in [6, 6.07) is 0. The minimum Gasteiger partial charge on any atom is -0.332 e. The first-order valence-electron chi connectivity index (χ1n) is 5.97. The average molecular weight is 237 g/mol. The van der Waals surface area contributed by atoms with Gasteiger partial charge in [0.25, 0.3) is 5.91 Å². The fourth-order valence-corrected chi connectivity index (χ4v) is 2.26. The Labute approximate surface area is 101 Å². The molecular weight excluding hydrogens is 218 g/mol. The standard InChI is InChI=1S/C11H19N5O/c1-11(2)4-3-6-16(11)10(17)9-8-15(7-5-12)14-13-9/h8H,3-7,12H2,1-2H3. The molecule has 6 heteroatoms. The Hall–Kier alpha value is -1.43. The van der Waals surface area contributed by atoms with Gasteiger partial charge in [0, 0.05) is 18.6 Å². The summed E-state index contributed by atoms with van der Waals surface area (Å²) in [6.07, 6.45) is 3.76. The molecule has 94 valence electrons. The van der Waals surface area contributed by atoms with Gasteiger partial charge in [0.15, 0.2) is 5.69 Å². The maximum absolute atomic E-state index is 12.3. The van der Waals surface area contributed by atoms with Crippen LogP contribution in [0.25, 0.3) is 0 Å². The highest BCUT2D eigenvalue weighted by atomic mass is 16.2. The van der Waals surface area contributed by atoms with Crippen molar-refractivity contribution in [3.8, 4) is 0 Å². The number of nitrogens with two attached hydrogens (primary N) is 1. The number of carbonyl (C=O) groups is 1. The Balaban J connectivity index is 2.13. The maximum Gasteiger partial charge on any atom is 0.276 e. The van der Waals surface area contributed by atoms with Crippen molar-refractivity contribution in [2.24, 2.45) is 5.73 Å². The van der Waals surface area contributed by atoms with Crippen LogP contribution in [0, 0.1) is 0 Å². The second-order valence-electron chi connectivity index (χ2n) is 5.03. The highest BCUT2D eigenvalue weighted by Gasteiger charge is 2.36. The zero-order valence-corrected chi connectivity index (χ0v) is 10.4. The van der Waals surface area contributed by atoms with Crippen LogP contribution in [0.5, 0.6) is 0 Å². The van der Waals surface area contributed by atoms with E-state index in [1.165, 1.54) is 0 Å². The van der Waals surface area contributed by atoms with Gasteiger partial charge in [-0.3, -0.25) is 9.48 Å². The molecule has 17 heavy (non-hydrogen) atoms. The molecule has 0 spiro atoms. The van der Waals surface area contributed by atoms with Crippen LogP contribution in [0.15, 0.2) is 6.20 Å². The quantitative estimate of drug-likeness (QED) is 0.817. The van der Waals surface area contributed by atoms with Gasteiger partial charge in [-0.05, 0) is 26.7 Å². The van der Waals surface area contributed by atoms with Gasteiger partial charge in [0.05, 0.1) is 12.7 Å². The van der Waals surface area contributed by atoms with Gasteiger partial charge in [-0.2, -0.15) is 0 Å². The van der Waals surface area contributed by atoms with E-state index in [1.807, 2.05) is 4.90 Å². The van der Waals surface area contributed by atoms with Crippen molar-refractivity contribution in [3.63, 3.8) is 0 Å². The lowest BCUT2D eigenvalue weighted by molar-refractivity contribution is 0.0645. The van der Waals surface area contributed by atoms with E-state index < -0.39 is 0 Å². The third kappa shape index (κ3) is 2.31. The number of hydrogen-bond donors (Lipinski definition) is 1. The molecule has 1 aromatic heterocycles. The highest BCUT2D eigenvalue weighted by Crippen LogP contribution is 2.29. The van der Waals surface area contributed by atoms with E-state index in [1.54, 1.807) is 10.9 Å². The lowest BCUT2D eigenvalue weighted by atomic mass is 10.0. The molecule has 0 saturated carbocycles. The van der Waals surface area contributed by atoms with Crippen LogP contribution < -0.4 is 5.73 Å². The second-order valence-corrected chi connectivity index (χ2v) is 5.03. The fraction of sp³-hybridized carbons (Fsp3) is 0.727. The Morgan fingerprint density at radius 3 is 2.94 bits per heavy atom. The Morgan fingerprint density at radius 2 is 2.35 bits per heavy atom. The summed E-state index contributed by atoms with van der Waals surface area (Å²) in [5, 5.41) is 7.80. The normalized spacial score (nSPS) is 18.6. The molecule has 1 aliphatic rings. The smallest absolute Gasteiger partial charge is 0.276 e. The summed E-state index contributed by atoms with van der Waals surface area (Å²) in [4.78, 5) is 14.1. The van der Waals surface area contributed by atoms with Gasteiger partial charge < -0.3 is 10.6 Å². The predicted octanol–water partition coefficient (Wildman–Crippen LogP) is 0.251. The van der Waals surface area contributed by atoms with Crippen LogP contribution >= 0.6 is 0 Å². The molecule has 0 unspecified atom stereocenters. The van der Waals surface area contributed by atoms with Gasteiger partial charge in [0.2, 0.25) is 0 Å². The molecule has 0 bridgehead atoms. The van der Waals surface area contributed by atoms with Crippen molar-refractivity contribution >= 4 is 5.91 Å². The van der Waals surface area contributed by atoms with Crippen molar-refractivity contribution < 1.29 is 4.79 Å². The second kappa shape index (κ2) is 4.44. The summed E-state index contributed by atoms with van der Waals surface area (Å²) >= 11 is 0. The van der Waals surface area contributed by atoms with Crippen molar-refractivity contribution in [3.05, 3.63) is 11.9 Å². The molecule has 1 amide bonds. The first-order valence-corrected chi connectivity index (χ1v) is 5.97. The van der Waals surface area contributed by atoms with Gasteiger partial charge in [0.1, 0.15) is 0 Å². The molecule has 0 aliphatic carbocycles. The van der Waals surface area contributed by atoms with Crippen LogP contribution in [0.3, 0.4) is 0 Å². The number of carbonyl (C=O) groups excluding carboxylic acids is 1. The number of rotatable bonds is 3. The lowest BCUT2D eigenvalue weighted by Gasteiger charge is -2.30. The largest absolute Gasteiger partial charge is 0.332 e. The number of nitrogens with zero attached hydrogens (tertiary/aromatic N) is 4. The average Bonchev–Trinajstić information content (AvgIpc) is 2.84. The van der Waals surface area contributed by atoms with Gasteiger partial charge >= 0.3 is 0 Å². The Bertz CT molecular complexity index is 412. The summed E-state index contributed by atoms with van der Waals surface area (Å²) in [7, 11) is 0. The van der Waals surface area contributed by atoms with E-state index in [9.17, 15) is 4.79 Å². The number of likely N-dealkylation sites (tertiary alicyclic amines) is 1. The van der Waals surface area contributed by atoms with E-state index in [4.69, 9.17) is 5.73 Å². The van der Waals surface area contributed by atoms with Crippen LogP contribution in [-0.2, 0) is 6.54 Å². The zero-order valence-electron chi connectivity index (χ0n) is 10.4. The van der Waals surface area contributed by atoms with E-state index in [-0.39, 0.29) is 11.4 Å². The van der Waals surface area contributed by atoms with E-state index in [2.05, 4.69) is 24.2 Å². The van der Waals surface area contributed by atoms with Gasteiger partial charge in [-0.25, -0.2) is 0 Å². The van der Waals surface area contributed by atoms with Crippen LogP contribution in [-0.4, -0.2) is 44.4 Å². The number of amides is 1. The first kappa shape index (κ1) is 12.0.